The van der Waals surface area contributed by atoms with Gasteiger partial charge in [-0.1, -0.05) is 91.0 Å². The van der Waals surface area contributed by atoms with Crippen LogP contribution in [0.2, 0.25) is 0 Å². The Morgan fingerprint density at radius 1 is 0.329 bits per heavy atom. The van der Waals surface area contributed by atoms with Crippen molar-refractivity contribution in [3.63, 3.8) is 0 Å². The summed E-state index contributed by atoms with van der Waals surface area (Å²) in [5, 5.41) is 0. The molecule has 14 unspecified atom stereocenters. The molecule has 25 rings (SSSR count). The number of piperidine rings is 2. The predicted octanol–water partition coefficient (Wildman–Crippen LogP) is 10.2. The summed E-state index contributed by atoms with van der Waals surface area (Å²) in [6.45, 7) is 3.48. The van der Waals surface area contributed by atoms with E-state index in [-0.39, 0.29) is 180 Å². The Bertz CT molecular complexity index is 5740. The van der Waals surface area contributed by atoms with E-state index in [1.165, 1.54) is 6.26 Å². The van der Waals surface area contributed by atoms with E-state index in [0.717, 1.165) is 97.4 Å². The lowest BCUT2D eigenvalue weighted by atomic mass is 9.81. The third-order valence-corrected chi connectivity index (χ3v) is 34.2. The second-order valence-corrected chi connectivity index (χ2v) is 51.4. The lowest BCUT2D eigenvalue weighted by molar-refractivity contribution is -0.178. The van der Waals surface area contributed by atoms with Crippen LogP contribution in [-0.4, -0.2) is 322 Å². The molecule has 38 heteroatoms. The molecule has 5 saturated heterocycles. The Labute approximate surface area is 851 Å². The molecule has 5 amide bonds. The van der Waals surface area contributed by atoms with Crippen LogP contribution in [0.1, 0.15) is 236 Å². The lowest BCUT2D eigenvalue weighted by Gasteiger charge is -2.41. The maximum absolute atomic E-state index is 15.4. The average Bonchev–Trinajstić information content (AvgIpc) is 1.77. The maximum atomic E-state index is 15.4. The summed E-state index contributed by atoms with van der Waals surface area (Å²) in [5.41, 5.74) is 4.96. The molecule has 32 nitrogen and oxygen atoms in total. The highest BCUT2D eigenvalue weighted by Gasteiger charge is 2.48. The van der Waals surface area contributed by atoms with Crippen LogP contribution in [0.25, 0.3) is 0 Å². The molecule has 20 aliphatic rings. The zero-order valence-electron chi connectivity index (χ0n) is 87.1. The maximum Gasteiger partial charge on any atom is 0.260 e. The Hall–Kier alpha value is -8.06. The molecule has 15 aliphatic heterocycles. The van der Waals surface area contributed by atoms with Crippen molar-refractivity contribution in [1.29, 1.82) is 0 Å². The second kappa shape index (κ2) is 48.1. The molecule has 0 aromatic heterocycles. The van der Waals surface area contributed by atoms with E-state index in [9.17, 15) is 53.4 Å². The molecule has 10 bridgehead atoms. The minimum Gasteiger partial charge on any atom is -0.483 e. The summed E-state index contributed by atoms with van der Waals surface area (Å²) in [6, 6.07) is 35.5. The highest BCUT2D eigenvalue weighted by Crippen LogP contribution is 2.48. The number of halogens is 1. The van der Waals surface area contributed by atoms with Gasteiger partial charge >= 0.3 is 0 Å². The number of amides is 5. The van der Waals surface area contributed by atoms with Gasteiger partial charge in [0.25, 0.3) is 29.5 Å². The van der Waals surface area contributed by atoms with E-state index >= 15 is 4.39 Å². The van der Waals surface area contributed by atoms with Crippen molar-refractivity contribution in [3.8, 4) is 28.7 Å². The van der Waals surface area contributed by atoms with Gasteiger partial charge in [0, 0.05) is 128 Å². The van der Waals surface area contributed by atoms with E-state index in [1.54, 1.807) is 37.0 Å². The van der Waals surface area contributed by atoms with Gasteiger partial charge in [-0.25, -0.2) is 44.8 Å². The van der Waals surface area contributed by atoms with Gasteiger partial charge in [-0.05, 0) is 266 Å². The van der Waals surface area contributed by atoms with Crippen LogP contribution in [0.15, 0.2) is 121 Å². The van der Waals surface area contributed by atoms with Crippen molar-refractivity contribution < 1.29 is 111 Å². The largest absolute Gasteiger partial charge is 0.483 e. The molecular weight excluding hydrogens is 1930 g/mol. The second-order valence-electron chi connectivity index (χ2n) is 41.1. The monoisotopic (exact) mass is 2080 g/mol. The van der Waals surface area contributed by atoms with Gasteiger partial charge in [0.2, 0.25) is 25.9 Å². The number of carbonyl (C=O) groups excluding carboxylic acids is 5. The number of rotatable bonds is 10. The van der Waals surface area contributed by atoms with Gasteiger partial charge in [0.1, 0.15) is 28.7 Å². The zero-order chi connectivity index (χ0) is 105. The topological polar surface area (TPSA) is 373 Å². The van der Waals surface area contributed by atoms with E-state index in [4.69, 9.17) is 52.9 Å². The first-order valence-electron chi connectivity index (χ1n) is 53.0. The number of sulfonamides is 2. The number of hydrogen-bond donors (Lipinski definition) is 5. The fraction of sp³-hybridized carbons (Fsp3) is 0.638. The molecule has 5 aromatic carbocycles. The van der Waals surface area contributed by atoms with Crippen LogP contribution in [-0.2, 0) is 96.8 Å². The van der Waals surface area contributed by atoms with Gasteiger partial charge in [0.05, 0.1) is 102 Å². The Morgan fingerprint density at radius 2 is 0.608 bits per heavy atom. The lowest BCUT2D eigenvalue weighted by Crippen LogP contribution is -2.59. The summed E-state index contributed by atoms with van der Waals surface area (Å²) in [5.74, 6) is 11.9. The van der Waals surface area contributed by atoms with Crippen molar-refractivity contribution in [2.24, 2.45) is 0 Å². The van der Waals surface area contributed by atoms with Gasteiger partial charge < -0.3 is 71.9 Å². The highest BCUT2D eigenvalue weighted by atomic mass is 32.2. The molecule has 10 fully saturated rings. The standard InChI is InChI=1S/C21H29FN2O4S.2C21H30N2O5S.2C21H30N2O4S/c1-29(2,26)23-17-9-12-24-18(17)13-28-21(22)10-7-15(8-11-21)16-5-3-4-6-19(16)27-14-20(24)25;2*1-29(25,26)22-18-6-4-12-23-19(18)13-27-16-10-8-15(9-11-16)17-5-2-3-7-20(17)28-14-21(23)24;2*1-28(2,25)22-18-11-12-23-19(18)13-26-16-9-7-15(8-10-16)17-5-3-4-6-20(17)27-14-21(23)24/h3-6,15,17-18H,1,7-14H2,2H3,(H,23,26);2*2-3,5,7,15-16,18-19,22H,4,6,8-14H2,1H3;2*3-6,15-16,18-19H,1,7-14H2,2H3,(H,22,25)/t15?,17-,18?,21?,29?;2*15?,16?,18-,19?;2*15?,16?,18-,19?,28?/m00000/s1/i;2*8D;16D;15D/t;2*8?,15?,16?,18-,19?;2m. The van der Waals surface area contributed by atoms with E-state index in [0.29, 0.717) is 177 Å². The van der Waals surface area contributed by atoms with E-state index in [1.807, 2.05) is 115 Å². The first kappa shape index (κ1) is 102. The van der Waals surface area contributed by atoms with Crippen molar-refractivity contribution in [3.05, 3.63) is 149 Å². The number of alkyl halides is 1. The highest BCUT2D eigenvalue weighted by molar-refractivity contribution is 7.98. The van der Waals surface area contributed by atoms with Crippen molar-refractivity contribution in [2.75, 3.05) is 130 Å². The molecule has 5 aliphatic carbocycles. The molecule has 143 heavy (non-hydrogen) atoms. The zero-order valence-corrected chi connectivity index (χ0v) is 87.1. The molecule has 5 saturated carbocycles. The SMILES string of the molecule is C=S(C)(=O)N[C@H]1CCN2C(=O)COc3ccccc3C3CCC(F)(CC3)OCC12.[2H]C12CCC(CC1)OCC1[C@@H](NS(=C)(C)=O)CCN1C(=O)COc1ccccc12.[2H]C12CCC(CC1)c1ccccc1OCC(=O)N1CC[C@H](NS(=C)(C)=O)C1CO2.[2H]C1CC2CCC1c1ccccc1OCC(=O)N1CCC[C@H](NS(C)(=O)=O)C1CO2.[2H]C1CC2CCC1c1ccccc1OCC(=O)N1CCC[C@H](NS(C)(=O)=O)C1CO2. The molecule has 0 radical (unpaired) electrons. The number of carbonyl (C=O) groups is 5. The van der Waals surface area contributed by atoms with Crippen LogP contribution >= 0.6 is 0 Å². The normalized spacial score (nSPS) is 34.9. The van der Waals surface area contributed by atoms with Gasteiger partial charge in [-0.2, -0.15) is 0 Å². The minimum absolute atomic E-state index is 0.0369. The molecular formula is C105H149FN10O22S5. The van der Waals surface area contributed by atoms with Crippen molar-refractivity contribution >= 4 is 96.3 Å². The molecule has 5 aromatic rings. The summed E-state index contributed by atoms with van der Waals surface area (Å²) in [6.07, 6.45) is 22.6. The Balaban J connectivity index is 0.000000131. The Kier molecular flexibility index (Phi) is 34.3. The third-order valence-electron chi connectivity index (χ3n) is 30.4. The fourth-order valence-corrected chi connectivity index (χ4v) is 27.7. The summed E-state index contributed by atoms with van der Waals surface area (Å²) < 4.78 is 209. The van der Waals surface area contributed by atoms with E-state index < -0.39 is 85.1 Å². The number of ether oxygens (including phenoxy) is 10. The number of nitrogens with one attached hydrogen (secondary N) is 5. The van der Waals surface area contributed by atoms with Gasteiger partial charge in [-0.3, -0.25) is 36.6 Å². The smallest absolute Gasteiger partial charge is 0.260 e. The van der Waals surface area contributed by atoms with Crippen LogP contribution in [0, 0.1) is 0 Å². The number of nitrogens with zero attached hydrogens (tertiary/aromatic N) is 5. The number of hydrogen-bond acceptors (Lipinski definition) is 22. The van der Waals surface area contributed by atoms with Crippen LogP contribution in [0.4, 0.5) is 4.39 Å². The summed E-state index contributed by atoms with van der Waals surface area (Å²) >= 11 is 0. The van der Waals surface area contributed by atoms with E-state index in [2.05, 4.69) is 47.3 Å². The van der Waals surface area contributed by atoms with Crippen LogP contribution in [0.5, 0.6) is 28.7 Å². The summed E-state index contributed by atoms with van der Waals surface area (Å²) in [7, 11) is -14.1. The van der Waals surface area contributed by atoms with Crippen LogP contribution in [0.3, 0.4) is 0 Å². The molecule has 15 heterocycles. The predicted molar refractivity (Wildman–Crippen MR) is 552 cm³/mol. The van der Waals surface area contributed by atoms with Crippen molar-refractivity contribution in [2.45, 2.75) is 294 Å². The third kappa shape index (κ3) is 29.3. The van der Waals surface area contributed by atoms with Crippen molar-refractivity contribution in [1.82, 2.24) is 48.1 Å². The number of fused-ring (bicyclic) bond motifs is 25. The van der Waals surface area contributed by atoms with Gasteiger partial charge in [0.15, 0.2) is 33.0 Å². The average molecular weight is 2090 g/mol. The quantitative estimate of drug-likeness (QED) is 0.0811. The number of benzene rings is 5. The number of para-hydroxylation sites is 5. The summed E-state index contributed by atoms with van der Waals surface area (Å²) in [4.78, 5) is 73.5. The van der Waals surface area contributed by atoms with Gasteiger partial charge in [-0.15, -0.1) is 0 Å². The fourth-order valence-electron chi connectivity index (χ4n) is 23.3. The first-order chi connectivity index (χ1) is 69.9. The minimum atomic E-state index is -3.41. The molecule has 0 spiro atoms. The molecule has 19 atom stereocenters. The molecule has 5 N–H and O–H groups in total. The Morgan fingerprint density at radius 3 is 0.951 bits per heavy atom. The van der Waals surface area contributed by atoms with Crippen LogP contribution < -0.4 is 47.3 Å². The molecule has 788 valence electrons. The first-order valence-corrected chi connectivity index (χ1v) is 61.0.